The van der Waals surface area contributed by atoms with E-state index in [9.17, 15) is 19.4 Å². The van der Waals surface area contributed by atoms with E-state index in [4.69, 9.17) is 9.05 Å². The minimum atomic E-state index is -4.59. The molecule has 0 bridgehead atoms. The molecular formula is C49H95N2O6P. The Balaban J connectivity index is 4.20. The van der Waals surface area contributed by atoms with Gasteiger partial charge in [0.1, 0.15) is 13.2 Å². The fraction of sp³-hybridized carbons (Fsp3) is 0.857. The highest BCUT2D eigenvalue weighted by Crippen LogP contribution is 2.38. The minimum Gasteiger partial charge on any atom is -0.756 e. The maximum Gasteiger partial charge on any atom is 0.268 e. The van der Waals surface area contributed by atoms with Crippen molar-refractivity contribution in [2.45, 2.75) is 231 Å². The molecule has 0 aliphatic heterocycles. The van der Waals surface area contributed by atoms with Gasteiger partial charge in [0.15, 0.2) is 0 Å². The predicted octanol–water partition coefficient (Wildman–Crippen LogP) is 13.2. The number of aliphatic hydroxyl groups is 1. The summed E-state index contributed by atoms with van der Waals surface area (Å²) < 4.78 is 23.2. The van der Waals surface area contributed by atoms with Crippen LogP contribution in [0.4, 0.5) is 0 Å². The lowest BCUT2D eigenvalue weighted by atomic mass is 10.0. The first-order valence-electron chi connectivity index (χ1n) is 24.4. The first kappa shape index (κ1) is 56.7. The number of rotatable bonds is 44. The molecule has 0 aromatic rings. The van der Waals surface area contributed by atoms with Gasteiger partial charge in [-0.1, -0.05) is 192 Å². The number of unbranched alkanes of at least 4 members (excludes halogenated alkanes) is 27. The largest absolute Gasteiger partial charge is 0.756 e. The highest BCUT2D eigenvalue weighted by molar-refractivity contribution is 7.45. The molecule has 0 aliphatic carbocycles. The summed E-state index contributed by atoms with van der Waals surface area (Å²) in [5.41, 5.74) is 0. The summed E-state index contributed by atoms with van der Waals surface area (Å²) in [6, 6.07) is -0.901. The number of carbonyl (C=O) groups is 1. The van der Waals surface area contributed by atoms with Crippen molar-refractivity contribution in [3.63, 3.8) is 0 Å². The Morgan fingerprint density at radius 3 is 1.40 bits per heavy atom. The van der Waals surface area contributed by atoms with Crippen LogP contribution >= 0.6 is 7.82 Å². The highest BCUT2D eigenvalue weighted by Gasteiger charge is 2.23. The number of allylic oxidation sites excluding steroid dienone is 5. The summed E-state index contributed by atoms with van der Waals surface area (Å²) in [7, 11) is 1.24. The molecule has 342 valence electrons. The van der Waals surface area contributed by atoms with Gasteiger partial charge in [-0.2, -0.15) is 0 Å². The van der Waals surface area contributed by atoms with Crippen LogP contribution < -0.4 is 10.2 Å². The molecule has 8 nitrogen and oxygen atoms in total. The Hall–Kier alpha value is -1.28. The van der Waals surface area contributed by atoms with E-state index in [-0.39, 0.29) is 12.5 Å². The number of aliphatic hydroxyl groups excluding tert-OH is 1. The average molecular weight is 839 g/mol. The van der Waals surface area contributed by atoms with Crippen molar-refractivity contribution in [2.24, 2.45) is 0 Å². The zero-order chi connectivity index (χ0) is 42.8. The predicted molar refractivity (Wildman–Crippen MR) is 247 cm³/mol. The van der Waals surface area contributed by atoms with Crippen LogP contribution in [0.1, 0.15) is 219 Å². The normalized spacial score (nSPS) is 14.5. The third-order valence-corrected chi connectivity index (χ3v) is 11.8. The smallest absolute Gasteiger partial charge is 0.268 e. The van der Waals surface area contributed by atoms with Gasteiger partial charge in [-0.15, -0.1) is 0 Å². The second-order valence-electron chi connectivity index (χ2n) is 17.8. The van der Waals surface area contributed by atoms with Crippen molar-refractivity contribution in [2.75, 3.05) is 40.9 Å². The maximum atomic E-state index is 12.9. The molecule has 0 aromatic carbocycles. The number of amides is 1. The third-order valence-electron chi connectivity index (χ3n) is 10.8. The molecule has 58 heavy (non-hydrogen) atoms. The molecule has 0 spiro atoms. The minimum absolute atomic E-state index is 0.00674. The summed E-state index contributed by atoms with van der Waals surface area (Å²) in [6.45, 7) is 4.60. The number of nitrogens with zero attached hydrogens (tertiary/aromatic N) is 1. The van der Waals surface area contributed by atoms with Crippen LogP contribution in [0.2, 0.25) is 0 Å². The summed E-state index contributed by atoms with van der Waals surface area (Å²) >= 11 is 0. The van der Waals surface area contributed by atoms with Crippen LogP contribution in [0, 0.1) is 0 Å². The molecule has 0 saturated heterocycles. The lowest BCUT2D eigenvalue weighted by Gasteiger charge is -2.29. The summed E-state index contributed by atoms with van der Waals surface area (Å²) in [4.78, 5) is 25.3. The molecule has 0 radical (unpaired) electrons. The van der Waals surface area contributed by atoms with Gasteiger partial charge in [0.25, 0.3) is 7.82 Å². The van der Waals surface area contributed by atoms with E-state index in [0.29, 0.717) is 17.4 Å². The fourth-order valence-electron chi connectivity index (χ4n) is 6.93. The summed E-state index contributed by atoms with van der Waals surface area (Å²) in [6.07, 6.45) is 50.7. The van der Waals surface area contributed by atoms with Crippen LogP contribution in [-0.2, 0) is 18.4 Å². The molecule has 0 saturated carbocycles. The van der Waals surface area contributed by atoms with Gasteiger partial charge in [-0.25, -0.2) is 0 Å². The van der Waals surface area contributed by atoms with Crippen LogP contribution in [-0.4, -0.2) is 68.5 Å². The van der Waals surface area contributed by atoms with E-state index in [0.717, 1.165) is 38.5 Å². The second-order valence-corrected chi connectivity index (χ2v) is 19.2. The monoisotopic (exact) mass is 839 g/mol. The summed E-state index contributed by atoms with van der Waals surface area (Å²) in [5, 5.41) is 13.7. The third kappa shape index (κ3) is 42.8. The lowest BCUT2D eigenvalue weighted by Crippen LogP contribution is -2.45. The maximum absolute atomic E-state index is 12.9. The van der Waals surface area contributed by atoms with Crippen molar-refractivity contribution in [1.29, 1.82) is 0 Å². The molecule has 9 heteroatoms. The van der Waals surface area contributed by atoms with Gasteiger partial charge in [-0.05, 0) is 57.8 Å². The standard InChI is InChI=1S/C49H95N2O6P/c1-6-8-10-12-14-16-18-19-20-21-22-23-24-25-26-27-28-29-30-31-33-35-37-39-41-43-49(53)50-47(46-57-58(54,55)56-45-44-51(3,4)5)48(52)42-40-38-36-34-32-17-15-13-11-9-7-2/h25-26,32,34,40,42,47-48,52H,6-24,27-31,33,35-39,41,43-46H2,1-5H3,(H-,50,53,54,55)/b26-25-,34-32+,42-40+. The highest BCUT2D eigenvalue weighted by atomic mass is 31.2. The topological polar surface area (TPSA) is 108 Å². The van der Waals surface area contributed by atoms with Gasteiger partial charge in [-0.3, -0.25) is 9.36 Å². The first-order chi connectivity index (χ1) is 28.0. The molecule has 0 fully saturated rings. The van der Waals surface area contributed by atoms with Crippen molar-refractivity contribution in [3.8, 4) is 0 Å². The Kier molecular flexibility index (Phi) is 40.2. The molecular weight excluding hydrogens is 744 g/mol. The van der Waals surface area contributed by atoms with Gasteiger partial charge in [0, 0.05) is 6.42 Å². The number of nitrogens with one attached hydrogen (secondary N) is 1. The Labute approximate surface area is 359 Å². The first-order valence-corrected chi connectivity index (χ1v) is 25.8. The quantitative estimate of drug-likeness (QED) is 0.0274. The molecule has 0 aliphatic rings. The zero-order valence-corrected chi connectivity index (χ0v) is 39.6. The van der Waals surface area contributed by atoms with Crippen molar-refractivity contribution in [3.05, 3.63) is 36.5 Å². The van der Waals surface area contributed by atoms with E-state index >= 15 is 0 Å². The van der Waals surface area contributed by atoms with Crippen molar-refractivity contribution < 1.29 is 32.9 Å². The van der Waals surface area contributed by atoms with E-state index < -0.39 is 26.6 Å². The van der Waals surface area contributed by atoms with Crippen molar-refractivity contribution >= 4 is 13.7 Å². The Morgan fingerprint density at radius 1 is 0.586 bits per heavy atom. The van der Waals surface area contributed by atoms with Crippen LogP contribution in [0.15, 0.2) is 36.5 Å². The molecule has 0 aromatic heterocycles. The van der Waals surface area contributed by atoms with E-state index in [2.05, 4.69) is 43.5 Å². The van der Waals surface area contributed by atoms with E-state index in [1.54, 1.807) is 6.08 Å². The van der Waals surface area contributed by atoms with Crippen LogP contribution in [0.25, 0.3) is 0 Å². The molecule has 3 atom stereocenters. The molecule has 3 unspecified atom stereocenters. The number of hydrogen-bond donors (Lipinski definition) is 2. The molecule has 1 amide bonds. The number of carbonyl (C=O) groups excluding carboxylic acids is 1. The van der Waals surface area contributed by atoms with Gasteiger partial charge in [0.05, 0.1) is 39.9 Å². The zero-order valence-electron chi connectivity index (χ0n) is 38.8. The van der Waals surface area contributed by atoms with Crippen LogP contribution in [0.5, 0.6) is 0 Å². The SMILES string of the molecule is CCCCCCC/C=C/CC/C=C/C(O)C(COP(=O)([O-])OCC[N+](C)(C)C)NC(=O)CCCCCCCCCCC/C=C\CCCCCCCCCCCCCC. The second kappa shape index (κ2) is 41.1. The fourth-order valence-corrected chi connectivity index (χ4v) is 7.65. The molecule has 0 heterocycles. The Morgan fingerprint density at radius 2 is 0.966 bits per heavy atom. The van der Waals surface area contributed by atoms with E-state index in [1.165, 1.54) is 161 Å². The van der Waals surface area contributed by atoms with Crippen molar-refractivity contribution in [1.82, 2.24) is 5.32 Å². The number of likely N-dealkylation sites (N-methyl/N-ethyl adjacent to an activating group) is 1. The summed E-state index contributed by atoms with van der Waals surface area (Å²) in [5.74, 6) is -0.210. The molecule has 0 rings (SSSR count). The lowest BCUT2D eigenvalue weighted by molar-refractivity contribution is -0.870. The average Bonchev–Trinajstić information content (AvgIpc) is 3.17. The van der Waals surface area contributed by atoms with Crippen LogP contribution in [0.3, 0.4) is 0 Å². The van der Waals surface area contributed by atoms with Gasteiger partial charge in [0.2, 0.25) is 5.91 Å². The van der Waals surface area contributed by atoms with Gasteiger partial charge < -0.3 is 28.8 Å². The molecule has 2 N–H and O–H groups in total. The Bertz CT molecular complexity index is 1040. The number of phosphoric ester groups is 1. The number of quaternary nitrogens is 1. The van der Waals surface area contributed by atoms with Gasteiger partial charge >= 0.3 is 0 Å². The number of hydrogen-bond acceptors (Lipinski definition) is 6. The van der Waals surface area contributed by atoms with E-state index in [1.807, 2.05) is 27.2 Å². The number of phosphoric acid groups is 1.